The first kappa shape index (κ1) is 16.2. The number of rotatable bonds is 2. The predicted molar refractivity (Wildman–Crippen MR) is 84.3 cm³/mol. The van der Waals surface area contributed by atoms with Crippen LogP contribution in [0, 0.1) is 5.82 Å². The highest BCUT2D eigenvalue weighted by Crippen LogP contribution is 2.30. The van der Waals surface area contributed by atoms with Gasteiger partial charge < -0.3 is 19.3 Å². The van der Waals surface area contributed by atoms with Crippen LogP contribution in [0.2, 0.25) is 0 Å². The monoisotopic (exact) mass is 322 g/mol. The average molecular weight is 322 g/mol. The quantitative estimate of drug-likeness (QED) is 0.832. The third-order valence-corrected chi connectivity index (χ3v) is 4.80. The Morgan fingerprint density at radius 1 is 1.30 bits per heavy atom. The van der Waals surface area contributed by atoms with Crippen LogP contribution in [0.3, 0.4) is 0 Å². The summed E-state index contributed by atoms with van der Waals surface area (Å²) in [6.07, 6.45) is 1.67. The molecule has 1 spiro atoms. The number of methoxy groups -OCH3 is 1. The summed E-state index contributed by atoms with van der Waals surface area (Å²) in [5, 5.41) is 0. The highest BCUT2D eigenvalue weighted by Gasteiger charge is 2.39. The smallest absolute Gasteiger partial charge is 0.253 e. The molecule has 2 aliphatic heterocycles. The molecule has 1 amide bonds. The van der Waals surface area contributed by atoms with Gasteiger partial charge >= 0.3 is 0 Å². The molecule has 2 aliphatic rings. The van der Waals surface area contributed by atoms with Crippen LogP contribution in [0.1, 0.15) is 23.2 Å². The van der Waals surface area contributed by atoms with Crippen molar-refractivity contribution in [2.24, 2.45) is 0 Å². The minimum absolute atomic E-state index is 0.0812. The van der Waals surface area contributed by atoms with Gasteiger partial charge in [0.1, 0.15) is 0 Å². The molecule has 0 atom stereocenters. The van der Waals surface area contributed by atoms with Gasteiger partial charge in [-0.1, -0.05) is 0 Å². The number of ether oxygens (including phenoxy) is 2. The van der Waals surface area contributed by atoms with Crippen molar-refractivity contribution in [3.8, 4) is 5.75 Å². The molecule has 5 nitrogen and oxygen atoms in total. The van der Waals surface area contributed by atoms with Crippen LogP contribution in [0.5, 0.6) is 5.75 Å². The van der Waals surface area contributed by atoms with E-state index < -0.39 is 5.82 Å². The zero-order chi connectivity index (χ0) is 16.4. The summed E-state index contributed by atoms with van der Waals surface area (Å²) in [7, 11) is 3.50. The second-order valence-corrected chi connectivity index (χ2v) is 6.41. The van der Waals surface area contributed by atoms with Gasteiger partial charge in [-0.3, -0.25) is 4.79 Å². The topological polar surface area (TPSA) is 42.0 Å². The first-order chi connectivity index (χ1) is 11.0. The van der Waals surface area contributed by atoms with E-state index in [1.54, 1.807) is 0 Å². The Labute approximate surface area is 136 Å². The lowest BCUT2D eigenvalue weighted by Crippen LogP contribution is -2.56. The maximum atomic E-state index is 13.5. The molecule has 0 unspecified atom stereocenters. The Balaban J connectivity index is 1.66. The molecule has 1 aromatic rings. The van der Waals surface area contributed by atoms with Crippen molar-refractivity contribution >= 4 is 5.91 Å². The van der Waals surface area contributed by atoms with Crippen LogP contribution >= 0.6 is 0 Å². The van der Waals surface area contributed by atoms with Gasteiger partial charge in [-0.2, -0.15) is 0 Å². The maximum absolute atomic E-state index is 13.5. The zero-order valence-electron chi connectivity index (χ0n) is 13.7. The number of benzene rings is 1. The molecule has 0 N–H and O–H groups in total. The fourth-order valence-electron chi connectivity index (χ4n) is 3.43. The number of halogens is 1. The summed E-state index contributed by atoms with van der Waals surface area (Å²) in [5.41, 5.74) is 0.338. The number of morpholine rings is 1. The number of hydrogen-bond acceptors (Lipinski definition) is 4. The molecular weight excluding hydrogens is 299 g/mol. The van der Waals surface area contributed by atoms with Crippen LogP contribution < -0.4 is 4.74 Å². The van der Waals surface area contributed by atoms with Crippen LogP contribution in [-0.4, -0.2) is 68.3 Å². The second-order valence-electron chi connectivity index (χ2n) is 6.41. The summed E-state index contributed by atoms with van der Waals surface area (Å²) in [4.78, 5) is 16.7. The molecule has 0 radical (unpaired) electrons. The van der Waals surface area contributed by atoms with Crippen molar-refractivity contribution in [1.29, 1.82) is 0 Å². The molecule has 2 fully saturated rings. The van der Waals surface area contributed by atoms with E-state index >= 15 is 0 Å². The maximum Gasteiger partial charge on any atom is 0.253 e. The summed E-state index contributed by atoms with van der Waals surface area (Å²) in [6.45, 7) is 3.94. The lowest BCUT2D eigenvalue weighted by Gasteiger charge is -2.46. The molecule has 0 aliphatic carbocycles. The van der Waals surface area contributed by atoms with Crippen LogP contribution in [0.15, 0.2) is 18.2 Å². The van der Waals surface area contributed by atoms with Gasteiger partial charge in [0.15, 0.2) is 11.6 Å². The summed E-state index contributed by atoms with van der Waals surface area (Å²) < 4.78 is 24.4. The van der Waals surface area contributed by atoms with Gasteiger partial charge in [0.05, 0.1) is 19.3 Å². The largest absolute Gasteiger partial charge is 0.494 e. The van der Waals surface area contributed by atoms with E-state index in [4.69, 9.17) is 9.47 Å². The Morgan fingerprint density at radius 3 is 2.70 bits per heavy atom. The Bertz CT molecular complexity index is 585. The van der Waals surface area contributed by atoms with E-state index in [0.29, 0.717) is 18.7 Å². The molecule has 0 aromatic heterocycles. The van der Waals surface area contributed by atoms with E-state index in [1.807, 2.05) is 4.90 Å². The molecule has 2 saturated heterocycles. The van der Waals surface area contributed by atoms with Gasteiger partial charge in [0.25, 0.3) is 5.91 Å². The third kappa shape index (κ3) is 3.33. The molecule has 0 bridgehead atoms. The number of nitrogens with zero attached hydrogens (tertiary/aromatic N) is 2. The van der Waals surface area contributed by atoms with Crippen LogP contribution in [0.25, 0.3) is 0 Å². The number of carbonyl (C=O) groups is 1. The fraction of sp³-hybridized carbons (Fsp3) is 0.588. The predicted octanol–water partition coefficient (Wildman–Crippen LogP) is 1.77. The normalized spacial score (nSPS) is 21.4. The molecular formula is C17H23FN2O3. The van der Waals surface area contributed by atoms with E-state index in [2.05, 4.69) is 11.9 Å². The van der Waals surface area contributed by atoms with Crippen LogP contribution in [0.4, 0.5) is 4.39 Å². The van der Waals surface area contributed by atoms with Crippen molar-refractivity contribution in [3.05, 3.63) is 29.6 Å². The number of amides is 1. The molecule has 3 rings (SSSR count). The molecule has 126 valence electrons. The lowest BCUT2D eigenvalue weighted by atomic mass is 9.89. The van der Waals surface area contributed by atoms with Crippen molar-refractivity contribution in [2.45, 2.75) is 18.4 Å². The van der Waals surface area contributed by atoms with E-state index in [1.165, 1.54) is 25.3 Å². The molecule has 6 heteroatoms. The summed E-state index contributed by atoms with van der Waals surface area (Å²) in [5.74, 6) is -0.441. The zero-order valence-corrected chi connectivity index (χ0v) is 13.7. The van der Waals surface area contributed by atoms with Crippen molar-refractivity contribution in [3.63, 3.8) is 0 Å². The Morgan fingerprint density at radius 2 is 2.04 bits per heavy atom. The number of piperidine rings is 1. The fourth-order valence-corrected chi connectivity index (χ4v) is 3.43. The van der Waals surface area contributed by atoms with E-state index in [-0.39, 0.29) is 17.3 Å². The van der Waals surface area contributed by atoms with Crippen molar-refractivity contribution < 1.29 is 18.7 Å². The molecule has 1 aromatic carbocycles. The first-order valence-corrected chi connectivity index (χ1v) is 7.98. The van der Waals surface area contributed by atoms with Gasteiger partial charge in [0, 0.05) is 31.7 Å². The van der Waals surface area contributed by atoms with E-state index in [9.17, 15) is 9.18 Å². The number of likely N-dealkylation sites (tertiary alicyclic amines) is 1. The van der Waals surface area contributed by atoms with Crippen molar-refractivity contribution in [1.82, 2.24) is 9.80 Å². The summed E-state index contributed by atoms with van der Waals surface area (Å²) >= 11 is 0. The van der Waals surface area contributed by atoms with Gasteiger partial charge in [-0.05, 0) is 38.1 Å². The minimum atomic E-state index is -0.458. The first-order valence-electron chi connectivity index (χ1n) is 7.98. The van der Waals surface area contributed by atoms with Gasteiger partial charge in [-0.25, -0.2) is 4.39 Å². The summed E-state index contributed by atoms with van der Waals surface area (Å²) in [6, 6.07) is 4.25. The number of likely N-dealkylation sites (N-methyl/N-ethyl adjacent to an activating group) is 1. The van der Waals surface area contributed by atoms with Gasteiger partial charge in [0.2, 0.25) is 0 Å². The standard InChI is InChI=1S/C17H23FN2O3/c1-19-9-10-23-17(12-19)5-7-20(8-6-17)16(21)13-3-4-14(18)15(11-13)22-2/h3-4,11H,5-10,12H2,1-2H3. The SMILES string of the molecule is COc1cc(C(=O)N2CCC3(CC2)CN(C)CCO3)ccc1F. The Kier molecular flexibility index (Phi) is 4.55. The van der Waals surface area contributed by atoms with Crippen molar-refractivity contribution in [2.75, 3.05) is 46.9 Å². The highest BCUT2D eigenvalue weighted by atomic mass is 19.1. The Hall–Kier alpha value is -1.66. The average Bonchev–Trinajstić information content (AvgIpc) is 2.55. The minimum Gasteiger partial charge on any atom is -0.494 e. The van der Waals surface area contributed by atoms with Gasteiger partial charge in [-0.15, -0.1) is 0 Å². The lowest BCUT2D eigenvalue weighted by molar-refractivity contribution is -0.127. The van der Waals surface area contributed by atoms with E-state index in [0.717, 1.165) is 32.5 Å². The molecule has 2 heterocycles. The number of hydrogen-bond donors (Lipinski definition) is 0. The molecule has 23 heavy (non-hydrogen) atoms. The highest BCUT2D eigenvalue weighted by molar-refractivity contribution is 5.94. The molecule has 0 saturated carbocycles. The van der Waals surface area contributed by atoms with Crippen LogP contribution in [-0.2, 0) is 4.74 Å². The second kappa shape index (κ2) is 6.45. The third-order valence-electron chi connectivity index (χ3n) is 4.80. The number of carbonyl (C=O) groups excluding carboxylic acids is 1.